The Morgan fingerprint density at radius 1 is 1.04 bits per heavy atom. The number of rotatable bonds is 8. The van der Waals surface area contributed by atoms with Crippen LogP contribution in [0.25, 0.3) is 0 Å². The van der Waals surface area contributed by atoms with Crippen LogP contribution in [0.4, 0.5) is 0 Å². The van der Waals surface area contributed by atoms with Gasteiger partial charge in [-0.3, -0.25) is 4.79 Å². The van der Waals surface area contributed by atoms with E-state index in [1.165, 1.54) is 11.1 Å². The molecule has 0 fully saturated rings. The fraction of sp³-hybridized carbons (Fsp3) is 0.435. The fourth-order valence-electron chi connectivity index (χ4n) is 2.80. The Morgan fingerprint density at radius 3 is 2.38 bits per heavy atom. The lowest BCUT2D eigenvalue weighted by atomic mass is 10.0. The summed E-state index contributed by atoms with van der Waals surface area (Å²) in [7, 11) is 0. The summed E-state index contributed by atoms with van der Waals surface area (Å²) in [6.45, 7) is 10.9. The molecule has 3 heteroatoms. The predicted octanol–water partition coefficient (Wildman–Crippen LogP) is 4.94. The van der Waals surface area contributed by atoms with Crippen molar-refractivity contribution >= 4 is 5.91 Å². The van der Waals surface area contributed by atoms with Gasteiger partial charge in [0.05, 0.1) is 0 Å². The molecule has 26 heavy (non-hydrogen) atoms. The van der Waals surface area contributed by atoms with E-state index in [1.54, 1.807) is 6.92 Å². The Morgan fingerprint density at radius 2 is 1.73 bits per heavy atom. The number of nitrogens with one attached hydrogen (secondary N) is 1. The summed E-state index contributed by atoms with van der Waals surface area (Å²) < 4.78 is 5.83. The number of hydrogen-bond donors (Lipinski definition) is 1. The molecule has 1 atom stereocenters. The highest BCUT2D eigenvalue weighted by Gasteiger charge is 2.15. The molecule has 0 aliphatic heterocycles. The molecule has 1 N–H and O–H groups in total. The molecule has 3 nitrogen and oxygen atoms in total. The van der Waals surface area contributed by atoms with Crippen molar-refractivity contribution in [2.24, 2.45) is 0 Å². The number of hydrogen-bond acceptors (Lipinski definition) is 2. The maximum atomic E-state index is 12.2. The number of benzene rings is 2. The third-order valence-corrected chi connectivity index (χ3v) is 4.60. The van der Waals surface area contributed by atoms with Crippen molar-refractivity contribution < 1.29 is 9.53 Å². The Hall–Kier alpha value is -2.29. The zero-order chi connectivity index (χ0) is 19.1. The van der Waals surface area contributed by atoms with Crippen molar-refractivity contribution in [3.8, 4) is 5.75 Å². The van der Waals surface area contributed by atoms with Crippen LogP contribution in [0.2, 0.25) is 0 Å². The van der Waals surface area contributed by atoms with Crippen LogP contribution in [0.3, 0.4) is 0 Å². The zero-order valence-electron chi connectivity index (χ0n) is 16.6. The van der Waals surface area contributed by atoms with Gasteiger partial charge in [-0.2, -0.15) is 0 Å². The number of aryl methyl sites for hydroxylation is 3. The van der Waals surface area contributed by atoms with Crippen LogP contribution in [0.15, 0.2) is 42.5 Å². The minimum Gasteiger partial charge on any atom is -0.481 e. The van der Waals surface area contributed by atoms with Crippen LogP contribution in [0, 0.1) is 13.8 Å². The maximum absolute atomic E-state index is 12.2. The summed E-state index contributed by atoms with van der Waals surface area (Å²) in [5, 5.41) is 2.97. The highest BCUT2D eigenvalue weighted by molar-refractivity contribution is 5.80. The van der Waals surface area contributed by atoms with Gasteiger partial charge in [-0.25, -0.2) is 0 Å². The van der Waals surface area contributed by atoms with Crippen LogP contribution in [0.1, 0.15) is 55.4 Å². The maximum Gasteiger partial charge on any atom is 0.260 e. The number of carbonyl (C=O) groups is 1. The number of ether oxygens (including phenoxy) is 1. The third-order valence-electron chi connectivity index (χ3n) is 4.60. The first kappa shape index (κ1) is 20.0. The second-order valence-corrected chi connectivity index (χ2v) is 7.32. The normalized spacial score (nSPS) is 12.1. The summed E-state index contributed by atoms with van der Waals surface area (Å²) in [6.07, 6.45) is 1.38. The van der Waals surface area contributed by atoms with Crippen molar-refractivity contribution in [2.75, 3.05) is 6.54 Å². The van der Waals surface area contributed by atoms with E-state index in [-0.39, 0.29) is 5.91 Å². The molecule has 0 aliphatic carbocycles. The minimum absolute atomic E-state index is 0.0685. The first-order chi connectivity index (χ1) is 12.4. The Balaban J connectivity index is 1.74. The van der Waals surface area contributed by atoms with Gasteiger partial charge in [0.25, 0.3) is 5.91 Å². The quantitative estimate of drug-likeness (QED) is 0.682. The van der Waals surface area contributed by atoms with E-state index in [9.17, 15) is 4.79 Å². The standard InChI is InChI=1S/C23H31NO2/c1-16(2)21-12-10-20(11-13-21)7-6-14-24-23(25)19(5)26-22-15-17(3)8-9-18(22)4/h8-13,15-16,19H,6-7,14H2,1-5H3,(H,24,25)/t19-/m1/s1. The molecular formula is C23H31NO2. The molecule has 0 unspecified atom stereocenters. The van der Waals surface area contributed by atoms with E-state index in [0.29, 0.717) is 12.5 Å². The molecule has 0 radical (unpaired) electrons. The minimum atomic E-state index is -0.499. The van der Waals surface area contributed by atoms with Gasteiger partial charge < -0.3 is 10.1 Å². The average molecular weight is 354 g/mol. The lowest BCUT2D eigenvalue weighted by molar-refractivity contribution is -0.127. The zero-order valence-corrected chi connectivity index (χ0v) is 16.6. The molecule has 0 saturated heterocycles. The van der Waals surface area contributed by atoms with E-state index >= 15 is 0 Å². The number of carbonyl (C=O) groups excluding carboxylic acids is 1. The Kier molecular flexibility index (Phi) is 7.26. The largest absolute Gasteiger partial charge is 0.481 e. The van der Waals surface area contributed by atoms with Gasteiger partial charge in [-0.15, -0.1) is 0 Å². The smallest absolute Gasteiger partial charge is 0.260 e. The first-order valence-electron chi connectivity index (χ1n) is 9.47. The lowest BCUT2D eigenvalue weighted by Gasteiger charge is -2.16. The van der Waals surface area contributed by atoms with Crippen molar-refractivity contribution in [3.63, 3.8) is 0 Å². The molecular weight excluding hydrogens is 322 g/mol. The topological polar surface area (TPSA) is 38.3 Å². The van der Waals surface area contributed by atoms with E-state index < -0.39 is 6.10 Å². The predicted molar refractivity (Wildman–Crippen MR) is 108 cm³/mol. The summed E-state index contributed by atoms with van der Waals surface area (Å²) in [5.74, 6) is 1.26. The van der Waals surface area contributed by atoms with E-state index in [2.05, 4.69) is 43.4 Å². The van der Waals surface area contributed by atoms with Crippen molar-refractivity contribution in [3.05, 3.63) is 64.7 Å². The second kappa shape index (κ2) is 9.42. The molecule has 1 amide bonds. The molecule has 0 bridgehead atoms. The molecule has 0 saturated carbocycles. The van der Waals surface area contributed by atoms with E-state index in [1.807, 2.05) is 32.0 Å². The second-order valence-electron chi connectivity index (χ2n) is 7.32. The van der Waals surface area contributed by atoms with Crippen LogP contribution in [-0.4, -0.2) is 18.6 Å². The molecule has 140 valence electrons. The van der Waals surface area contributed by atoms with Crippen molar-refractivity contribution in [2.45, 2.75) is 59.5 Å². The first-order valence-corrected chi connectivity index (χ1v) is 9.47. The molecule has 0 spiro atoms. The van der Waals surface area contributed by atoms with E-state index in [0.717, 1.165) is 29.7 Å². The van der Waals surface area contributed by atoms with Crippen LogP contribution < -0.4 is 10.1 Å². The summed E-state index contributed by atoms with van der Waals surface area (Å²) in [6, 6.07) is 14.8. The fourth-order valence-corrected chi connectivity index (χ4v) is 2.80. The summed E-state index contributed by atoms with van der Waals surface area (Å²) in [5.41, 5.74) is 4.84. The molecule has 0 aromatic heterocycles. The number of amides is 1. The van der Waals surface area contributed by atoms with Gasteiger partial charge in [0, 0.05) is 6.54 Å². The molecule has 0 heterocycles. The highest BCUT2D eigenvalue weighted by Crippen LogP contribution is 2.20. The average Bonchev–Trinajstić information content (AvgIpc) is 2.62. The van der Waals surface area contributed by atoms with Gasteiger partial charge in [0.1, 0.15) is 5.75 Å². The van der Waals surface area contributed by atoms with Crippen LogP contribution in [-0.2, 0) is 11.2 Å². The molecule has 2 aromatic carbocycles. The Labute approximate surface area is 157 Å². The summed E-state index contributed by atoms with van der Waals surface area (Å²) in [4.78, 5) is 12.2. The third kappa shape index (κ3) is 5.91. The van der Waals surface area contributed by atoms with Crippen LogP contribution >= 0.6 is 0 Å². The molecule has 0 aliphatic rings. The highest BCUT2D eigenvalue weighted by atomic mass is 16.5. The van der Waals surface area contributed by atoms with Gasteiger partial charge in [0.2, 0.25) is 0 Å². The molecule has 2 rings (SSSR count). The Bertz CT molecular complexity index is 719. The van der Waals surface area contributed by atoms with E-state index in [4.69, 9.17) is 4.74 Å². The van der Waals surface area contributed by atoms with Gasteiger partial charge in [-0.1, -0.05) is 50.2 Å². The molecule has 2 aromatic rings. The summed E-state index contributed by atoms with van der Waals surface area (Å²) >= 11 is 0. The van der Waals surface area contributed by atoms with Gasteiger partial charge in [0.15, 0.2) is 6.10 Å². The van der Waals surface area contributed by atoms with Crippen molar-refractivity contribution in [1.82, 2.24) is 5.32 Å². The van der Waals surface area contributed by atoms with Crippen LogP contribution in [0.5, 0.6) is 5.75 Å². The lowest BCUT2D eigenvalue weighted by Crippen LogP contribution is -2.37. The SMILES string of the molecule is Cc1ccc(C)c(O[C@H](C)C(=O)NCCCc2ccc(C(C)C)cc2)c1. The van der Waals surface area contributed by atoms with Gasteiger partial charge >= 0.3 is 0 Å². The van der Waals surface area contributed by atoms with Crippen molar-refractivity contribution in [1.29, 1.82) is 0 Å². The van der Waals surface area contributed by atoms with Gasteiger partial charge in [-0.05, 0) is 67.9 Å². The monoisotopic (exact) mass is 353 g/mol.